The quantitative estimate of drug-likeness (QED) is 0.752. The molecule has 0 aliphatic heterocycles. The maximum atomic E-state index is 11.8. The fraction of sp³-hybridized carbons (Fsp3) is 0.467. The number of imidazole rings is 1. The summed E-state index contributed by atoms with van der Waals surface area (Å²) in [5.74, 6) is 0.808. The lowest BCUT2D eigenvalue weighted by atomic mass is 10.1. The van der Waals surface area contributed by atoms with Crippen LogP contribution in [0.15, 0.2) is 24.3 Å². The largest absolute Gasteiger partial charge is 0.393 e. The molecule has 0 radical (unpaired) electrons. The summed E-state index contributed by atoms with van der Waals surface area (Å²) >= 11 is 0. The average molecular weight is 275 g/mol. The lowest BCUT2D eigenvalue weighted by Gasteiger charge is -2.15. The number of aliphatic hydroxyl groups is 1. The van der Waals surface area contributed by atoms with Crippen molar-refractivity contribution >= 4 is 16.9 Å². The Hall–Kier alpha value is -1.88. The van der Waals surface area contributed by atoms with Crippen LogP contribution in [0.4, 0.5) is 0 Å². The summed E-state index contributed by atoms with van der Waals surface area (Å²) in [4.78, 5) is 19.4. The third kappa shape index (κ3) is 4.06. The molecule has 1 heterocycles. The van der Waals surface area contributed by atoms with Crippen LogP contribution in [0.2, 0.25) is 0 Å². The van der Waals surface area contributed by atoms with E-state index in [0.717, 1.165) is 16.9 Å². The minimum absolute atomic E-state index is 0.0152. The standard InChI is InChI=1S/C15H21N3O2/c1-10(9-11(2)19)16-15(20)8-7-14-17-12-5-3-4-6-13(12)18-14/h3-6,10-11,19H,7-9H2,1-2H3,(H,16,20)(H,17,18). The molecule has 0 aliphatic carbocycles. The van der Waals surface area contributed by atoms with Crippen LogP contribution in [0, 0.1) is 0 Å². The van der Waals surface area contributed by atoms with Crippen molar-refractivity contribution in [1.82, 2.24) is 15.3 Å². The van der Waals surface area contributed by atoms with Gasteiger partial charge in [-0.1, -0.05) is 12.1 Å². The summed E-state index contributed by atoms with van der Waals surface area (Å²) in [7, 11) is 0. The van der Waals surface area contributed by atoms with E-state index >= 15 is 0 Å². The number of para-hydroxylation sites is 2. The second-order valence-corrected chi connectivity index (χ2v) is 5.25. The van der Waals surface area contributed by atoms with Gasteiger partial charge in [-0.05, 0) is 32.4 Å². The monoisotopic (exact) mass is 275 g/mol. The van der Waals surface area contributed by atoms with Crippen LogP contribution < -0.4 is 5.32 Å². The summed E-state index contributed by atoms with van der Waals surface area (Å²) in [6.45, 7) is 3.61. The number of nitrogens with one attached hydrogen (secondary N) is 2. The zero-order chi connectivity index (χ0) is 14.5. The highest BCUT2D eigenvalue weighted by molar-refractivity contribution is 5.77. The smallest absolute Gasteiger partial charge is 0.220 e. The lowest BCUT2D eigenvalue weighted by Crippen LogP contribution is -2.34. The number of nitrogens with zero attached hydrogens (tertiary/aromatic N) is 1. The van der Waals surface area contributed by atoms with Gasteiger partial charge in [0.25, 0.3) is 0 Å². The predicted molar refractivity (Wildman–Crippen MR) is 78.3 cm³/mol. The highest BCUT2D eigenvalue weighted by Crippen LogP contribution is 2.11. The maximum Gasteiger partial charge on any atom is 0.220 e. The van der Waals surface area contributed by atoms with Crippen LogP contribution in [0.1, 0.15) is 32.5 Å². The van der Waals surface area contributed by atoms with Crippen molar-refractivity contribution < 1.29 is 9.90 Å². The Morgan fingerprint density at radius 2 is 2.15 bits per heavy atom. The SMILES string of the molecule is CC(O)CC(C)NC(=O)CCc1nc2ccccc2[nH]1. The van der Waals surface area contributed by atoms with E-state index in [1.165, 1.54) is 0 Å². The van der Waals surface area contributed by atoms with E-state index in [1.807, 2.05) is 31.2 Å². The van der Waals surface area contributed by atoms with Crippen LogP contribution in [0.25, 0.3) is 11.0 Å². The van der Waals surface area contributed by atoms with Crippen molar-refractivity contribution in [2.45, 2.75) is 45.3 Å². The molecule has 0 saturated heterocycles. The molecule has 5 nitrogen and oxygen atoms in total. The van der Waals surface area contributed by atoms with Gasteiger partial charge in [-0.2, -0.15) is 0 Å². The molecule has 2 rings (SSSR count). The molecular weight excluding hydrogens is 254 g/mol. The Morgan fingerprint density at radius 1 is 1.40 bits per heavy atom. The number of amides is 1. The van der Waals surface area contributed by atoms with Crippen LogP contribution >= 0.6 is 0 Å². The molecule has 0 aliphatic rings. The molecule has 1 aromatic carbocycles. The molecule has 2 atom stereocenters. The van der Waals surface area contributed by atoms with E-state index < -0.39 is 6.10 Å². The van der Waals surface area contributed by atoms with Crippen molar-refractivity contribution in [2.24, 2.45) is 0 Å². The van der Waals surface area contributed by atoms with Crippen molar-refractivity contribution in [3.05, 3.63) is 30.1 Å². The summed E-state index contributed by atoms with van der Waals surface area (Å²) in [6.07, 6.45) is 1.14. The Balaban J connectivity index is 1.84. The Labute approximate surface area is 118 Å². The van der Waals surface area contributed by atoms with Crippen molar-refractivity contribution in [3.8, 4) is 0 Å². The number of hydrogen-bond acceptors (Lipinski definition) is 3. The lowest BCUT2D eigenvalue weighted by molar-refractivity contribution is -0.121. The number of benzene rings is 1. The molecule has 3 N–H and O–H groups in total. The third-order valence-corrected chi connectivity index (χ3v) is 3.13. The van der Waals surface area contributed by atoms with Gasteiger partial charge in [-0.15, -0.1) is 0 Å². The maximum absolute atomic E-state index is 11.8. The topological polar surface area (TPSA) is 78.0 Å². The van der Waals surface area contributed by atoms with Gasteiger partial charge < -0.3 is 15.4 Å². The molecule has 0 fully saturated rings. The second-order valence-electron chi connectivity index (χ2n) is 5.25. The van der Waals surface area contributed by atoms with Crippen molar-refractivity contribution in [3.63, 3.8) is 0 Å². The summed E-state index contributed by atoms with van der Waals surface area (Å²) in [6, 6.07) is 7.79. The van der Waals surface area contributed by atoms with Gasteiger partial charge in [0, 0.05) is 18.9 Å². The van der Waals surface area contributed by atoms with Gasteiger partial charge in [-0.3, -0.25) is 4.79 Å². The number of H-pyrrole nitrogens is 1. The van der Waals surface area contributed by atoms with Gasteiger partial charge in [0.2, 0.25) is 5.91 Å². The van der Waals surface area contributed by atoms with Crippen LogP contribution in [0.5, 0.6) is 0 Å². The average Bonchev–Trinajstić information content (AvgIpc) is 2.77. The van der Waals surface area contributed by atoms with Gasteiger partial charge in [0.15, 0.2) is 0 Å². The first-order valence-electron chi connectivity index (χ1n) is 6.95. The molecule has 0 bridgehead atoms. The molecule has 0 saturated carbocycles. The molecule has 5 heteroatoms. The van der Waals surface area contributed by atoms with Crippen LogP contribution in [0.3, 0.4) is 0 Å². The van der Waals surface area contributed by atoms with Gasteiger partial charge >= 0.3 is 0 Å². The number of aliphatic hydroxyl groups excluding tert-OH is 1. The number of aromatic amines is 1. The molecule has 2 unspecified atom stereocenters. The number of aryl methyl sites for hydroxylation is 1. The molecule has 0 spiro atoms. The van der Waals surface area contributed by atoms with Crippen LogP contribution in [-0.4, -0.2) is 33.1 Å². The van der Waals surface area contributed by atoms with E-state index in [-0.39, 0.29) is 11.9 Å². The highest BCUT2D eigenvalue weighted by atomic mass is 16.3. The van der Waals surface area contributed by atoms with Crippen molar-refractivity contribution in [1.29, 1.82) is 0 Å². The first kappa shape index (κ1) is 14.5. The fourth-order valence-corrected chi connectivity index (χ4v) is 2.27. The zero-order valence-corrected chi connectivity index (χ0v) is 11.9. The number of hydrogen-bond donors (Lipinski definition) is 3. The van der Waals surface area contributed by atoms with E-state index in [0.29, 0.717) is 19.3 Å². The van der Waals surface area contributed by atoms with E-state index in [1.54, 1.807) is 6.92 Å². The molecule has 1 amide bonds. The highest BCUT2D eigenvalue weighted by Gasteiger charge is 2.11. The third-order valence-electron chi connectivity index (χ3n) is 3.13. The normalized spacial score (nSPS) is 14.2. The molecule has 2 aromatic rings. The minimum Gasteiger partial charge on any atom is -0.393 e. The van der Waals surface area contributed by atoms with Crippen LogP contribution in [-0.2, 0) is 11.2 Å². The molecule has 108 valence electrons. The number of fused-ring (bicyclic) bond motifs is 1. The minimum atomic E-state index is -0.402. The first-order chi connectivity index (χ1) is 9.54. The van der Waals surface area contributed by atoms with E-state index in [2.05, 4.69) is 15.3 Å². The summed E-state index contributed by atoms with van der Waals surface area (Å²) < 4.78 is 0. The molecule has 1 aromatic heterocycles. The predicted octanol–water partition coefficient (Wildman–Crippen LogP) is 1.77. The zero-order valence-electron chi connectivity index (χ0n) is 11.9. The van der Waals surface area contributed by atoms with Gasteiger partial charge in [0.1, 0.15) is 5.82 Å². The molecular formula is C15H21N3O2. The Bertz CT molecular complexity index is 544. The molecule has 20 heavy (non-hydrogen) atoms. The number of carbonyl (C=O) groups excluding carboxylic acids is 1. The number of rotatable bonds is 6. The van der Waals surface area contributed by atoms with Crippen molar-refractivity contribution in [2.75, 3.05) is 0 Å². The van der Waals surface area contributed by atoms with E-state index in [9.17, 15) is 9.90 Å². The van der Waals surface area contributed by atoms with Gasteiger partial charge in [-0.25, -0.2) is 4.98 Å². The summed E-state index contributed by atoms with van der Waals surface area (Å²) in [5, 5.41) is 12.1. The summed E-state index contributed by atoms with van der Waals surface area (Å²) in [5.41, 5.74) is 1.91. The Morgan fingerprint density at radius 3 is 2.85 bits per heavy atom. The number of carbonyl (C=O) groups is 1. The first-order valence-corrected chi connectivity index (χ1v) is 6.95. The number of aromatic nitrogens is 2. The van der Waals surface area contributed by atoms with E-state index in [4.69, 9.17) is 0 Å². The second kappa shape index (κ2) is 6.52. The van der Waals surface area contributed by atoms with Gasteiger partial charge in [0.05, 0.1) is 17.1 Å². The fourth-order valence-electron chi connectivity index (χ4n) is 2.27. The Kier molecular flexibility index (Phi) is 4.74.